The normalized spacial score (nSPS) is 12.3. The summed E-state index contributed by atoms with van der Waals surface area (Å²) >= 11 is 0. The number of fused-ring (bicyclic) bond motifs is 1. The van der Waals surface area contributed by atoms with Gasteiger partial charge >= 0.3 is 0 Å². The summed E-state index contributed by atoms with van der Waals surface area (Å²) in [7, 11) is 3.13. The molecular formula is C34H29N5O5. The number of benzene rings is 2. The smallest absolute Gasteiger partial charge is 0.263 e. The number of carbonyl (C=O) groups excluding carboxylic acids is 1. The summed E-state index contributed by atoms with van der Waals surface area (Å²) in [5.74, 6) is 1.81. The van der Waals surface area contributed by atoms with Crippen molar-refractivity contribution in [2.24, 2.45) is 0 Å². The molecule has 3 aromatic heterocycles. The van der Waals surface area contributed by atoms with Gasteiger partial charge in [0.2, 0.25) is 0 Å². The number of nitrogens with one attached hydrogen (secondary N) is 2. The summed E-state index contributed by atoms with van der Waals surface area (Å²) in [4.78, 5) is 35.7. The molecule has 0 spiro atoms. The average Bonchev–Trinajstić information content (AvgIpc) is 3.07. The van der Waals surface area contributed by atoms with Gasteiger partial charge < -0.3 is 29.4 Å². The molecule has 1 amide bonds. The number of methoxy groups -OCH3 is 2. The molecule has 0 bridgehead atoms. The van der Waals surface area contributed by atoms with Crippen LogP contribution in [0.15, 0.2) is 108 Å². The SMILES string of the molecule is COc1cc2nccc(Oc3ccc(NC(=O)c4cc(C5=CC=CCN5)cn(Cc5ccccc5)c4=O)nc3)c2cc1OC. The highest BCUT2D eigenvalue weighted by atomic mass is 16.5. The summed E-state index contributed by atoms with van der Waals surface area (Å²) in [6.45, 7) is 0.976. The molecule has 220 valence electrons. The second kappa shape index (κ2) is 12.5. The lowest BCUT2D eigenvalue weighted by Gasteiger charge is -2.16. The molecule has 5 aromatic rings. The van der Waals surface area contributed by atoms with Crippen molar-refractivity contribution in [3.63, 3.8) is 0 Å². The van der Waals surface area contributed by atoms with Gasteiger partial charge in [-0.3, -0.25) is 14.6 Å². The van der Waals surface area contributed by atoms with Gasteiger partial charge in [0.15, 0.2) is 11.5 Å². The monoisotopic (exact) mass is 587 g/mol. The number of rotatable bonds is 9. The van der Waals surface area contributed by atoms with E-state index in [0.29, 0.717) is 41.6 Å². The van der Waals surface area contributed by atoms with Crippen LogP contribution >= 0.6 is 0 Å². The summed E-state index contributed by atoms with van der Waals surface area (Å²) in [5.41, 5.74) is 2.77. The van der Waals surface area contributed by atoms with Gasteiger partial charge in [-0.1, -0.05) is 42.5 Å². The molecule has 0 atom stereocenters. The zero-order valence-corrected chi connectivity index (χ0v) is 24.1. The second-order valence-electron chi connectivity index (χ2n) is 9.92. The summed E-state index contributed by atoms with van der Waals surface area (Å²) < 4.78 is 18.5. The number of ether oxygens (including phenoxy) is 3. The van der Waals surface area contributed by atoms with Crippen molar-refractivity contribution in [1.29, 1.82) is 0 Å². The molecule has 0 radical (unpaired) electrons. The number of nitrogens with zero attached hydrogens (tertiary/aromatic N) is 3. The minimum absolute atomic E-state index is 0.00504. The number of allylic oxidation sites excluding steroid dienone is 2. The molecule has 1 aliphatic rings. The van der Waals surface area contributed by atoms with Crippen molar-refractivity contribution in [1.82, 2.24) is 19.9 Å². The number of hydrogen-bond acceptors (Lipinski definition) is 8. The van der Waals surface area contributed by atoms with Crippen molar-refractivity contribution < 1.29 is 19.0 Å². The standard InChI is InChI=1S/C34H29N5O5/c1-42-30-17-25-28(18-31(30)43-2)36-15-13-29(25)44-24-11-12-32(37-19-24)38-33(40)26-16-23(27-10-6-7-14-35-27)21-39(34(26)41)20-22-8-4-3-5-9-22/h3-13,15-19,21,35H,14,20H2,1-2H3,(H,37,38,40). The van der Waals surface area contributed by atoms with E-state index < -0.39 is 11.5 Å². The number of pyridine rings is 3. The van der Waals surface area contributed by atoms with Crippen LogP contribution < -0.4 is 30.4 Å². The fourth-order valence-electron chi connectivity index (χ4n) is 4.86. The molecular weight excluding hydrogens is 558 g/mol. The Morgan fingerprint density at radius 1 is 0.977 bits per heavy atom. The first-order chi connectivity index (χ1) is 21.5. The first-order valence-electron chi connectivity index (χ1n) is 13.9. The Labute approximate surface area is 253 Å². The molecule has 2 N–H and O–H groups in total. The highest BCUT2D eigenvalue weighted by Gasteiger charge is 2.18. The van der Waals surface area contributed by atoms with E-state index >= 15 is 0 Å². The highest BCUT2D eigenvalue weighted by Crippen LogP contribution is 2.36. The number of hydrogen-bond donors (Lipinski definition) is 2. The Hall–Kier alpha value is -5.90. The molecule has 1 aliphatic heterocycles. The lowest BCUT2D eigenvalue weighted by atomic mass is 10.1. The molecule has 10 heteroatoms. The van der Waals surface area contributed by atoms with Gasteiger partial charge in [-0.25, -0.2) is 4.98 Å². The first kappa shape index (κ1) is 28.2. The zero-order valence-electron chi connectivity index (χ0n) is 24.1. The van der Waals surface area contributed by atoms with Gasteiger partial charge in [0.05, 0.1) is 32.5 Å². The average molecular weight is 588 g/mol. The quantitative estimate of drug-likeness (QED) is 0.236. The maximum absolute atomic E-state index is 13.5. The number of carbonyl (C=O) groups is 1. The Kier molecular flexibility index (Phi) is 8.04. The summed E-state index contributed by atoms with van der Waals surface area (Å²) in [5, 5.41) is 6.78. The minimum atomic E-state index is -0.562. The van der Waals surface area contributed by atoms with E-state index in [1.165, 1.54) is 6.20 Å². The highest BCUT2D eigenvalue weighted by molar-refractivity contribution is 6.04. The minimum Gasteiger partial charge on any atom is -0.493 e. The van der Waals surface area contributed by atoms with Crippen LogP contribution in [-0.4, -0.2) is 41.2 Å². The van der Waals surface area contributed by atoms with Gasteiger partial charge in [0.25, 0.3) is 11.5 Å². The van der Waals surface area contributed by atoms with Crippen LogP contribution in [0.1, 0.15) is 21.5 Å². The summed E-state index contributed by atoms with van der Waals surface area (Å²) in [6, 6.07) is 19.8. The van der Waals surface area contributed by atoms with Crippen LogP contribution in [0.4, 0.5) is 5.82 Å². The molecule has 0 saturated heterocycles. The Bertz CT molecular complexity index is 1950. The fraction of sp³-hybridized carbons (Fsp3) is 0.118. The Morgan fingerprint density at radius 2 is 1.80 bits per heavy atom. The van der Waals surface area contributed by atoms with Crippen molar-refractivity contribution in [3.8, 4) is 23.0 Å². The van der Waals surface area contributed by atoms with Gasteiger partial charge in [-0.2, -0.15) is 0 Å². The lowest BCUT2D eigenvalue weighted by molar-refractivity contribution is 0.102. The number of amides is 1. The molecule has 0 fully saturated rings. The van der Waals surface area contributed by atoms with Crippen molar-refractivity contribution in [2.45, 2.75) is 6.54 Å². The van der Waals surface area contributed by atoms with E-state index in [1.54, 1.807) is 67.6 Å². The van der Waals surface area contributed by atoms with Crippen LogP contribution in [0, 0.1) is 0 Å². The maximum atomic E-state index is 13.5. The van der Waals surface area contributed by atoms with Gasteiger partial charge in [-0.05, 0) is 42.0 Å². The third-order valence-electron chi connectivity index (χ3n) is 7.06. The predicted molar refractivity (Wildman–Crippen MR) is 168 cm³/mol. The van der Waals surface area contributed by atoms with E-state index in [4.69, 9.17) is 14.2 Å². The molecule has 0 unspecified atom stereocenters. The third-order valence-corrected chi connectivity index (χ3v) is 7.06. The number of dihydropyridines is 1. The molecule has 10 nitrogen and oxygen atoms in total. The Morgan fingerprint density at radius 3 is 2.52 bits per heavy atom. The topological polar surface area (TPSA) is 117 Å². The maximum Gasteiger partial charge on any atom is 0.263 e. The third kappa shape index (κ3) is 6.00. The number of aromatic nitrogens is 3. The summed E-state index contributed by atoms with van der Waals surface area (Å²) in [6.07, 6.45) is 10.7. The van der Waals surface area contributed by atoms with Crippen molar-refractivity contribution in [3.05, 3.63) is 131 Å². The second-order valence-corrected chi connectivity index (χ2v) is 9.92. The van der Waals surface area contributed by atoms with Crippen molar-refractivity contribution >= 4 is 28.3 Å². The molecule has 44 heavy (non-hydrogen) atoms. The molecule has 0 aliphatic carbocycles. The van der Waals surface area contributed by atoms with Crippen LogP contribution in [-0.2, 0) is 6.54 Å². The fourth-order valence-corrected chi connectivity index (χ4v) is 4.86. The predicted octanol–water partition coefficient (Wildman–Crippen LogP) is 5.40. The number of anilines is 1. The van der Waals surface area contributed by atoms with E-state index in [-0.39, 0.29) is 11.4 Å². The van der Waals surface area contributed by atoms with E-state index in [0.717, 1.165) is 22.2 Å². The van der Waals surface area contributed by atoms with Crippen LogP contribution in [0.25, 0.3) is 16.6 Å². The molecule has 6 rings (SSSR count). The molecule has 2 aromatic carbocycles. The molecule has 0 saturated carbocycles. The van der Waals surface area contributed by atoms with E-state index in [1.807, 2.05) is 48.6 Å². The van der Waals surface area contributed by atoms with E-state index in [9.17, 15) is 9.59 Å². The zero-order chi connectivity index (χ0) is 30.5. The molecule has 4 heterocycles. The first-order valence-corrected chi connectivity index (χ1v) is 13.9. The van der Waals surface area contributed by atoms with Crippen LogP contribution in [0.3, 0.4) is 0 Å². The Balaban J connectivity index is 1.25. The lowest BCUT2D eigenvalue weighted by Crippen LogP contribution is -2.30. The van der Waals surface area contributed by atoms with E-state index in [2.05, 4.69) is 20.6 Å². The van der Waals surface area contributed by atoms with Crippen molar-refractivity contribution in [2.75, 3.05) is 26.1 Å². The van der Waals surface area contributed by atoms with Gasteiger partial charge in [0, 0.05) is 41.7 Å². The largest absolute Gasteiger partial charge is 0.493 e. The van der Waals surface area contributed by atoms with Gasteiger partial charge in [-0.15, -0.1) is 0 Å². The van der Waals surface area contributed by atoms with Gasteiger partial charge in [0.1, 0.15) is 22.9 Å². The van der Waals surface area contributed by atoms with Crippen LogP contribution in [0.5, 0.6) is 23.0 Å². The van der Waals surface area contributed by atoms with Crippen LogP contribution in [0.2, 0.25) is 0 Å².